The first kappa shape index (κ1) is 25.8. The zero-order chi connectivity index (χ0) is 25.8. The Kier molecular flexibility index (Phi) is 8.03. The van der Waals surface area contributed by atoms with E-state index in [1.54, 1.807) is 60.7 Å². The summed E-state index contributed by atoms with van der Waals surface area (Å²) in [5.74, 6) is -0.577. The molecule has 1 aliphatic heterocycles. The standard InChI is InChI=1S/C26H19BrClNO6S/c1-2-34-21-12-16(11-20(27)23(21)35-14-15-4-3-5-17(10-15)25(31)32)13-22-24(30)29(26(33)36-22)19-8-6-18(28)7-9-19/h3-13H,2,14H2,1H3,(H,31,32)/b22-13+. The number of carbonyl (C=O) groups is 3. The van der Waals surface area contributed by atoms with Crippen LogP contribution in [0.5, 0.6) is 11.5 Å². The molecule has 0 spiro atoms. The summed E-state index contributed by atoms with van der Waals surface area (Å²) in [5, 5.41) is 9.30. The third-order valence-electron chi connectivity index (χ3n) is 5.07. The van der Waals surface area contributed by atoms with E-state index in [1.807, 2.05) is 6.92 Å². The molecule has 2 amide bonds. The molecule has 36 heavy (non-hydrogen) atoms. The van der Waals surface area contributed by atoms with Gasteiger partial charge in [-0.05, 0) is 100 Å². The van der Waals surface area contributed by atoms with Crippen molar-refractivity contribution in [2.45, 2.75) is 13.5 Å². The first-order chi connectivity index (χ1) is 17.3. The molecule has 0 bridgehead atoms. The lowest BCUT2D eigenvalue weighted by molar-refractivity contribution is -0.113. The van der Waals surface area contributed by atoms with Crippen molar-refractivity contribution >= 4 is 68.2 Å². The van der Waals surface area contributed by atoms with E-state index in [9.17, 15) is 19.5 Å². The molecule has 0 saturated carbocycles. The van der Waals surface area contributed by atoms with Crippen molar-refractivity contribution in [1.29, 1.82) is 0 Å². The van der Waals surface area contributed by atoms with Crippen molar-refractivity contribution < 1.29 is 29.0 Å². The average Bonchev–Trinajstić information content (AvgIpc) is 3.12. The van der Waals surface area contributed by atoms with E-state index >= 15 is 0 Å². The van der Waals surface area contributed by atoms with Crippen molar-refractivity contribution in [3.63, 3.8) is 0 Å². The van der Waals surface area contributed by atoms with Crippen LogP contribution in [0.3, 0.4) is 0 Å². The van der Waals surface area contributed by atoms with Crippen LogP contribution in [0.25, 0.3) is 6.08 Å². The van der Waals surface area contributed by atoms with E-state index in [0.717, 1.165) is 16.7 Å². The molecule has 7 nitrogen and oxygen atoms in total. The van der Waals surface area contributed by atoms with Crippen LogP contribution in [0.1, 0.15) is 28.4 Å². The van der Waals surface area contributed by atoms with E-state index in [4.69, 9.17) is 21.1 Å². The molecule has 0 aliphatic carbocycles. The number of anilines is 1. The number of hydrogen-bond acceptors (Lipinski definition) is 6. The zero-order valence-electron chi connectivity index (χ0n) is 18.9. The van der Waals surface area contributed by atoms with Crippen LogP contribution in [-0.4, -0.2) is 28.8 Å². The fourth-order valence-electron chi connectivity index (χ4n) is 3.46. The number of carbonyl (C=O) groups excluding carboxylic acids is 2. The molecule has 1 heterocycles. The first-order valence-electron chi connectivity index (χ1n) is 10.7. The van der Waals surface area contributed by atoms with E-state index in [1.165, 1.54) is 6.07 Å². The lowest BCUT2D eigenvalue weighted by Gasteiger charge is -2.15. The van der Waals surface area contributed by atoms with Gasteiger partial charge in [0.2, 0.25) is 0 Å². The number of halogens is 2. The molecule has 4 rings (SSSR count). The molecule has 3 aromatic rings. The van der Waals surface area contributed by atoms with Gasteiger partial charge < -0.3 is 14.6 Å². The van der Waals surface area contributed by atoms with Crippen molar-refractivity contribution in [3.8, 4) is 11.5 Å². The van der Waals surface area contributed by atoms with Crippen LogP contribution in [-0.2, 0) is 11.4 Å². The van der Waals surface area contributed by atoms with Crippen LogP contribution < -0.4 is 14.4 Å². The van der Waals surface area contributed by atoms with Crippen LogP contribution in [0, 0.1) is 0 Å². The highest BCUT2D eigenvalue weighted by atomic mass is 79.9. The lowest BCUT2D eigenvalue weighted by atomic mass is 10.1. The maximum absolute atomic E-state index is 13.0. The summed E-state index contributed by atoms with van der Waals surface area (Å²) < 4.78 is 12.3. The Morgan fingerprint density at radius 2 is 1.86 bits per heavy atom. The molecule has 1 aliphatic rings. The number of rotatable bonds is 8. The maximum Gasteiger partial charge on any atom is 0.335 e. The monoisotopic (exact) mass is 587 g/mol. The second-order valence-electron chi connectivity index (χ2n) is 7.55. The van der Waals surface area contributed by atoms with Gasteiger partial charge in [0.15, 0.2) is 11.5 Å². The van der Waals surface area contributed by atoms with Crippen molar-refractivity contribution in [2.24, 2.45) is 0 Å². The maximum atomic E-state index is 13.0. The van der Waals surface area contributed by atoms with Crippen LogP contribution in [0.2, 0.25) is 5.02 Å². The van der Waals surface area contributed by atoms with Crippen LogP contribution in [0.15, 0.2) is 70.0 Å². The molecule has 184 valence electrons. The molecule has 1 N–H and O–H groups in total. The largest absolute Gasteiger partial charge is 0.490 e. The fourth-order valence-corrected chi connectivity index (χ4v) is 5.00. The Morgan fingerprint density at radius 3 is 2.56 bits per heavy atom. The van der Waals surface area contributed by atoms with Crippen molar-refractivity contribution in [3.05, 3.63) is 91.8 Å². The lowest BCUT2D eigenvalue weighted by Crippen LogP contribution is -2.27. The van der Waals surface area contributed by atoms with E-state index in [2.05, 4.69) is 15.9 Å². The summed E-state index contributed by atoms with van der Waals surface area (Å²) >= 11 is 10.3. The van der Waals surface area contributed by atoms with Gasteiger partial charge in [0.25, 0.3) is 11.1 Å². The molecule has 0 aromatic heterocycles. The van der Waals surface area contributed by atoms with E-state index in [0.29, 0.717) is 44.4 Å². The number of hydrogen-bond donors (Lipinski definition) is 1. The normalized spacial score (nSPS) is 14.4. The molecular weight excluding hydrogens is 570 g/mol. The summed E-state index contributed by atoms with van der Waals surface area (Å²) in [6.07, 6.45) is 1.62. The molecule has 3 aromatic carbocycles. The average molecular weight is 589 g/mol. The van der Waals surface area contributed by atoms with Gasteiger partial charge in [-0.15, -0.1) is 0 Å². The summed E-state index contributed by atoms with van der Waals surface area (Å²) in [6.45, 7) is 2.32. The SMILES string of the molecule is CCOc1cc(/C=C2/SC(=O)N(c3ccc(Cl)cc3)C2=O)cc(Br)c1OCc1cccc(C(=O)O)c1. The highest BCUT2D eigenvalue weighted by Crippen LogP contribution is 2.40. The van der Waals surface area contributed by atoms with Crippen molar-refractivity contribution in [1.82, 2.24) is 0 Å². The molecule has 0 atom stereocenters. The van der Waals surface area contributed by atoms with Crippen molar-refractivity contribution in [2.75, 3.05) is 11.5 Å². The molecule has 0 radical (unpaired) electrons. The van der Waals surface area contributed by atoms with Gasteiger partial charge in [-0.3, -0.25) is 9.59 Å². The smallest absolute Gasteiger partial charge is 0.335 e. The predicted octanol–water partition coefficient (Wildman–Crippen LogP) is 7.02. The number of amides is 2. The Balaban J connectivity index is 1.59. The van der Waals surface area contributed by atoms with Crippen LogP contribution in [0.4, 0.5) is 10.5 Å². The Bertz CT molecular complexity index is 1380. The topological polar surface area (TPSA) is 93.1 Å². The number of aromatic carboxylic acids is 1. The predicted molar refractivity (Wildman–Crippen MR) is 143 cm³/mol. The third-order valence-corrected chi connectivity index (χ3v) is 6.78. The minimum Gasteiger partial charge on any atom is -0.490 e. The Labute approximate surface area is 224 Å². The van der Waals surface area contributed by atoms with Gasteiger partial charge in [0.05, 0.1) is 27.2 Å². The summed E-state index contributed by atoms with van der Waals surface area (Å²) in [7, 11) is 0. The Morgan fingerprint density at radius 1 is 1.11 bits per heavy atom. The second kappa shape index (κ2) is 11.2. The molecule has 1 fully saturated rings. The van der Waals surface area contributed by atoms with Gasteiger partial charge in [-0.2, -0.15) is 0 Å². The highest BCUT2D eigenvalue weighted by molar-refractivity contribution is 9.10. The number of thioether (sulfide) groups is 1. The van der Waals surface area contributed by atoms with Gasteiger partial charge in [-0.1, -0.05) is 23.7 Å². The Hall–Kier alpha value is -3.27. The second-order valence-corrected chi connectivity index (χ2v) is 9.83. The minimum atomic E-state index is -1.02. The van der Waals surface area contributed by atoms with E-state index < -0.39 is 17.1 Å². The molecule has 1 saturated heterocycles. The molecule has 10 heteroatoms. The summed E-state index contributed by atoms with van der Waals surface area (Å²) in [6, 6.07) is 16.4. The first-order valence-corrected chi connectivity index (χ1v) is 12.7. The summed E-state index contributed by atoms with van der Waals surface area (Å²) in [5.41, 5.74) is 1.93. The quantitative estimate of drug-likeness (QED) is 0.283. The summed E-state index contributed by atoms with van der Waals surface area (Å²) in [4.78, 5) is 38.1. The number of benzene rings is 3. The van der Waals surface area contributed by atoms with E-state index in [-0.39, 0.29) is 17.1 Å². The van der Waals surface area contributed by atoms with Gasteiger partial charge in [0, 0.05) is 5.02 Å². The molecular formula is C26H19BrClNO6S. The number of nitrogens with zero attached hydrogens (tertiary/aromatic N) is 1. The van der Waals surface area contributed by atoms with Gasteiger partial charge >= 0.3 is 5.97 Å². The van der Waals surface area contributed by atoms with Gasteiger partial charge in [-0.25, -0.2) is 9.69 Å². The minimum absolute atomic E-state index is 0.124. The van der Waals surface area contributed by atoms with Gasteiger partial charge in [0.1, 0.15) is 6.61 Å². The fraction of sp³-hybridized carbons (Fsp3) is 0.115. The van der Waals surface area contributed by atoms with Crippen LogP contribution >= 0.6 is 39.3 Å². The number of carboxylic acids is 1. The third kappa shape index (κ3) is 5.75. The zero-order valence-corrected chi connectivity index (χ0v) is 22.0. The molecule has 0 unspecified atom stereocenters. The number of carboxylic acid groups (broad SMARTS) is 1. The number of ether oxygens (including phenoxy) is 2. The number of imide groups is 1. The highest BCUT2D eigenvalue weighted by Gasteiger charge is 2.36.